The van der Waals surface area contributed by atoms with Crippen LogP contribution in [0, 0.1) is 6.92 Å². The Morgan fingerprint density at radius 2 is 1.85 bits per heavy atom. The van der Waals surface area contributed by atoms with Crippen LogP contribution < -0.4 is 20.2 Å². The number of rotatable bonds is 8. The number of benzene rings is 3. The van der Waals surface area contributed by atoms with E-state index < -0.39 is 11.8 Å². The molecule has 34 heavy (non-hydrogen) atoms. The number of nitrogens with one attached hydrogen (secondary N) is 2. The summed E-state index contributed by atoms with van der Waals surface area (Å²) in [6.07, 6.45) is 1.42. The first-order valence-electron chi connectivity index (χ1n) is 10.4. The van der Waals surface area contributed by atoms with Gasteiger partial charge in [0.05, 0.1) is 12.8 Å². The van der Waals surface area contributed by atoms with Crippen molar-refractivity contribution in [2.75, 3.05) is 11.9 Å². The van der Waals surface area contributed by atoms with E-state index in [0.29, 0.717) is 41.0 Å². The average molecular weight is 545 g/mol. The standard InChI is InChI=1S/C25H23BrClN3O4/c1-3-33-23-13-17(7-10-22(23)34-15-18-5-4-6-20(27)12-18)14-28-30-25(32)24(31)29-21-9-8-19(26)11-16(21)2/h4-14H,3,15H2,1-2H3,(H,29,31)(H,30,32)/b28-14+. The first-order chi connectivity index (χ1) is 16.4. The van der Waals surface area contributed by atoms with Gasteiger partial charge in [-0.1, -0.05) is 39.7 Å². The lowest BCUT2D eigenvalue weighted by molar-refractivity contribution is -0.136. The van der Waals surface area contributed by atoms with E-state index in [9.17, 15) is 9.59 Å². The van der Waals surface area contributed by atoms with Crippen LogP contribution >= 0.6 is 27.5 Å². The van der Waals surface area contributed by atoms with Crippen LogP contribution in [0.1, 0.15) is 23.6 Å². The number of halogens is 2. The van der Waals surface area contributed by atoms with E-state index in [4.69, 9.17) is 21.1 Å². The van der Waals surface area contributed by atoms with Gasteiger partial charge in [0.15, 0.2) is 11.5 Å². The number of amides is 2. The predicted octanol–water partition coefficient (Wildman–Crippen LogP) is 5.48. The summed E-state index contributed by atoms with van der Waals surface area (Å²) in [7, 11) is 0. The smallest absolute Gasteiger partial charge is 0.329 e. The molecule has 3 aromatic rings. The first kappa shape index (κ1) is 25.3. The average Bonchev–Trinajstić information content (AvgIpc) is 2.80. The van der Waals surface area contributed by atoms with Crippen molar-refractivity contribution in [3.05, 3.63) is 86.8 Å². The van der Waals surface area contributed by atoms with Gasteiger partial charge in [0, 0.05) is 15.2 Å². The fourth-order valence-corrected chi connectivity index (χ4v) is 3.63. The Kier molecular flexibility index (Phi) is 9.07. The Morgan fingerprint density at radius 3 is 2.59 bits per heavy atom. The van der Waals surface area contributed by atoms with Gasteiger partial charge in [0.2, 0.25) is 0 Å². The maximum absolute atomic E-state index is 12.1. The second kappa shape index (κ2) is 12.2. The summed E-state index contributed by atoms with van der Waals surface area (Å²) in [4.78, 5) is 24.2. The minimum atomic E-state index is -0.884. The number of carbonyl (C=O) groups excluding carboxylic acids is 2. The van der Waals surface area contributed by atoms with Crippen LogP contribution in [0.3, 0.4) is 0 Å². The molecule has 2 N–H and O–H groups in total. The lowest BCUT2D eigenvalue weighted by Crippen LogP contribution is -2.32. The fourth-order valence-electron chi connectivity index (χ4n) is 2.94. The number of ether oxygens (including phenoxy) is 2. The first-order valence-corrected chi connectivity index (χ1v) is 11.6. The van der Waals surface area contributed by atoms with Crippen LogP contribution in [0.25, 0.3) is 0 Å². The largest absolute Gasteiger partial charge is 0.490 e. The normalized spacial score (nSPS) is 10.7. The Labute approximate surface area is 211 Å². The molecule has 0 aliphatic heterocycles. The molecule has 0 saturated heterocycles. The fraction of sp³-hybridized carbons (Fsp3) is 0.160. The Bertz CT molecular complexity index is 1220. The lowest BCUT2D eigenvalue weighted by Gasteiger charge is -2.13. The lowest BCUT2D eigenvalue weighted by atomic mass is 10.2. The van der Waals surface area contributed by atoms with Crippen molar-refractivity contribution < 1.29 is 19.1 Å². The van der Waals surface area contributed by atoms with E-state index in [1.54, 1.807) is 36.4 Å². The highest BCUT2D eigenvalue weighted by Gasteiger charge is 2.14. The number of hydrogen-bond donors (Lipinski definition) is 2. The van der Waals surface area contributed by atoms with Crippen LogP contribution in [-0.2, 0) is 16.2 Å². The molecule has 0 unspecified atom stereocenters. The van der Waals surface area contributed by atoms with Crippen molar-refractivity contribution >= 4 is 51.2 Å². The molecule has 2 amide bonds. The summed E-state index contributed by atoms with van der Waals surface area (Å²) < 4.78 is 12.4. The van der Waals surface area contributed by atoms with E-state index in [1.807, 2.05) is 38.1 Å². The van der Waals surface area contributed by atoms with Crippen LogP contribution in [0.15, 0.2) is 70.2 Å². The minimum Gasteiger partial charge on any atom is -0.490 e. The van der Waals surface area contributed by atoms with Gasteiger partial charge >= 0.3 is 11.8 Å². The molecule has 7 nitrogen and oxygen atoms in total. The molecule has 3 aromatic carbocycles. The van der Waals surface area contributed by atoms with Crippen molar-refractivity contribution in [2.24, 2.45) is 5.10 Å². The molecule has 0 atom stereocenters. The molecule has 0 heterocycles. The summed E-state index contributed by atoms with van der Waals surface area (Å²) in [6.45, 7) is 4.47. The maximum Gasteiger partial charge on any atom is 0.329 e. The van der Waals surface area contributed by atoms with Crippen molar-refractivity contribution in [3.8, 4) is 11.5 Å². The summed E-state index contributed by atoms with van der Waals surface area (Å²) in [5, 5.41) is 7.07. The number of hydrazone groups is 1. The molecule has 176 valence electrons. The molecule has 0 fully saturated rings. The molecule has 0 spiro atoms. The van der Waals surface area contributed by atoms with Crippen molar-refractivity contribution in [1.82, 2.24) is 5.43 Å². The number of carbonyl (C=O) groups is 2. The Morgan fingerprint density at radius 1 is 1.03 bits per heavy atom. The Hall–Kier alpha value is -3.36. The van der Waals surface area contributed by atoms with Crippen LogP contribution in [0.4, 0.5) is 5.69 Å². The molecule has 3 rings (SSSR count). The zero-order valence-electron chi connectivity index (χ0n) is 18.6. The molecular formula is C25H23BrClN3O4. The highest BCUT2D eigenvalue weighted by molar-refractivity contribution is 9.10. The molecule has 0 bridgehead atoms. The van der Waals surface area contributed by atoms with Crippen LogP contribution in [-0.4, -0.2) is 24.6 Å². The molecular weight excluding hydrogens is 522 g/mol. The Balaban J connectivity index is 1.60. The molecule has 0 aliphatic carbocycles. The number of hydrogen-bond acceptors (Lipinski definition) is 5. The topological polar surface area (TPSA) is 89.0 Å². The quantitative estimate of drug-likeness (QED) is 0.223. The molecule has 9 heteroatoms. The van der Waals surface area contributed by atoms with Gasteiger partial charge in [-0.15, -0.1) is 0 Å². The van der Waals surface area contributed by atoms with Gasteiger partial charge in [0.1, 0.15) is 6.61 Å². The van der Waals surface area contributed by atoms with Crippen molar-refractivity contribution in [2.45, 2.75) is 20.5 Å². The maximum atomic E-state index is 12.1. The van der Waals surface area contributed by atoms with Crippen molar-refractivity contribution in [1.29, 1.82) is 0 Å². The molecule has 0 aromatic heterocycles. The van der Waals surface area contributed by atoms with E-state index in [1.165, 1.54) is 6.21 Å². The van der Waals surface area contributed by atoms with Gasteiger partial charge < -0.3 is 14.8 Å². The van der Waals surface area contributed by atoms with E-state index in [-0.39, 0.29) is 0 Å². The summed E-state index contributed by atoms with van der Waals surface area (Å²) >= 11 is 9.38. The highest BCUT2D eigenvalue weighted by atomic mass is 79.9. The zero-order valence-corrected chi connectivity index (χ0v) is 20.9. The van der Waals surface area contributed by atoms with Gasteiger partial charge in [0.25, 0.3) is 0 Å². The van der Waals surface area contributed by atoms with Crippen LogP contribution in [0.2, 0.25) is 5.02 Å². The van der Waals surface area contributed by atoms with Crippen molar-refractivity contribution in [3.63, 3.8) is 0 Å². The second-order valence-electron chi connectivity index (χ2n) is 7.17. The molecule has 0 aliphatic rings. The zero-order chi connectivity index (χ0) is 24.5. The van der Waals surface area contributed by atoms with E-state index in [2.05, 4.69) is 31.8 Å². The van der Waals surface area contributed by atoms with Crippen LogP contribution in [0.5, 0.6) is 11.5 Å². The number of nitrogens with zero attached hydrogens (tertiary/aromatic N) is 1. The summed E-state index contributed by atoms with van der Waals surface area (Å²) in [5.74, 6) is -0.608. The van der Waals surface area contributed by atoms with E-state index >= 15 is 0 Å². The SMILES string of the molecule is CCOc1cc(/C=N/NC(=O)C(=O)Nc2ccc(Br)cc2C)ccc1OCc1cccc(Cl)c1. The van der Waals surface area contributed by atoms with E-state index in [0.717, 1.165) is 15.6 Å². The van der Waals surface area contributed by atoms with Gasteiger partial charge in [-0.3, -0.25) is 9.59 Å². The molecule has 0 radical (unpaired) electrons. The van der Waals surface area contributed by atoms with Gasteiger partial charge in [-0.05, 0) is 79.1 Å². The number of anilines is 1. The summed E-state index contributed by atoms with van der Waals surface area (Å²) in [6, 6.07) is 18.0. The monoisotopic (exact) mass is 543 g/mol. The van der Waals surface area contributed by atoms with Gasteiger partial charge in [-0.25, -0.2) is 5.43 Å². The highest BCUT2D eigenvalue weighted by Crippen LogP contribution is 2.29. The predicted molar refractivity (Wildman–Crippen MR) is 137 cm³/mol. The third-order valence-electron chi connectivity index (χ3n) is 4.57. The third kappa shape index (κ3) is 7.33. The van der Waals surface area contributed by atoms with Gasteiger partial charge in [-0.2, -0.15) is 5.10 Å². The molecule has 0 saturated carbocycles. The minimum absolute atomic E-state index is 0.330. The summed E-state index contributed by atoms with van der Waals surface area (Å²) in [5.41, 5.74) is 5.17. The number of aryl methyl sites for hydroxylation is 1. The second-order valence-corrected chi connectivity index (χ2v) is 8.52. The third-order valence-corrected chi connectivity index (χ3v) is 5.30.